The van der Waals surface area contributed by atoms with Crippen LogP contribution in [0.15, 0.2) is 23.0 Å². The Kier molecular flexibility index (Phi) is 2.36. The number of hydrogen-bond donors (Lipinski definition) is 1. The summed E-state index contributed by atoms with van der Waals surface area (Å²) in [6.07, 6.45) is 0. The highest BCUT2D eigenvalue weighted by Gasteiger charge is 2.09. The van der Waals surface area contributed by atoms with Crippen molar-refractivity contribution in [3.05, 3.63) is 34.2 Å². The fourth-order valence-electron chi connectivity index (χ4n) is 1.87. The van der Waals surface area contributed by atoms with Gasteiger partial charge in [0, 0.05) is 20.1 Å². The molecule has 0 spiro atoms. The molecule has 4 heteroatoms. The topological polar surface area (TPSA) is 52.9 Å². The lowest BCUT2D eigenvalue weighted by atomic mass is 10.2. The van der Waals surface area contributed by atoms with E-state index in [4.69, 9.17) is 5.73 Å². The monoisotopic (exact) mass is 205 g/mol. The van der Waals surface area contributed by atoms with E-state index in [0.717, 1.165) is 16.6 Å². The van der Waals surface area contributed by atoms with Crippen LogP contribution in [0.4, 0.5) is 0 Å². The summed E-state index contributed by atoms with van der Waals surface area (Å²) in [6.45, 7) is 3.07. The summed E-state index contributed by atoms with van der Waals surface area (Å²) in [5, 5.41) is 0. The highest BCUT2D eigenvalue weighted by atomic mass is 16.1. The molecule has 0 saturated carbocycles. The highest BCUT2D eigenvalue weighted by molar-refractivity contribution is 5.76. The van der Waals surface area contributed by atoms with Crippen molar-refractivity contribution >= 4 is 11.0 Å². The fraction of sp³-hybridized carbons (Fsp3) is 0.364. The Bertz CT molecular complexity index is 551. The Balaban J connectivity index is 2.82. The van der Waals surface area contributed by atoms with Gasteiger partial charge in [0.15, 0.2) is 0 Å². The maximum atomic E-state index is 11.9. The molecule has 0 atom stereocenters. The van der Waals surface area contributed by atoms with Crippen LogP contribution in [-0.2, 0) is 13.6 Å². The predicted molar refractivity (Wildman–Crippen MR) is 61.0 cm³/mol. The van der Waals surface area contributed by atoms with Gasteiger partial charge in [0.2, 0.25) is 0 Å². The maximum Gasteiger partial charge on any atom is 0.328 e. The van der Waals surface area contributed by atoms with E-state index in [0.29, 0.717) is 13.1 Å². The summed E-state index contributed by atoms with van der Waals surface area (Å²) in [7, 11) is 1.78. The number of imidazole rings is 1. The lowest BCUT2D eigenvalue weighted by molar-refractivity contribution is 0.675. The zero-order valence-corrected chi connectivity index (χ0v) is 9.03. The molecular weight excluding hydrogens is 190 g/mol. The van der Waals surface area contributed by atoms with Gasteiger partial charge in [0.25, 0.3) is 0 Å². The van der Waals surface area contributed by atoms with Gasteiger partial charge >= 0.3 is 5.69 Å². The fourth-order valence-corrected chi connectivity index (χ4v) is 1.87. The van der Waals surface area contributed by atoms with Gasteiger partial charge in [0.05, 0.1) is 11.0 Å². The van der Waals surface area contributed by atoms with Gasteiger partial charge in [-0.15, -0.1) is 0 Å². The average Bonchev–Trinajstić information content (AvgIpc) is 2.44. The summed E-state index contributed by atoms with van der Waals surface area (Å²) < 4.78 is 3.38. The molecule has 0 fully saturated rings. The normalized spacial score (nSPS) is 11.1. The van der Waals surface area contributed by atoms with Gasteiger partial charge in [-0.2, -0.15) is 0 Å². The molecule has 0 amide bonds. The van der Waals surface area contributed by atoms with Crippen molar-refractivity contribution in [2.75, 3.05) is 6.54 Å². The Labute approximate surface area is 87.9 Å². The van der Waals surface area contributed by atoms with Crippen LogP contribution in [0.1, 0.15) is 5.56 Å². The van der Waals surface area contributed by atoms with Crippen molar-refractivity contribution in [1.29, 1.82) is 0 Å². The second-order valence-electron chi connectivity index (χ2n) is 3.77. The lowest BCUT2D eigenvalue weighted by Gasteiger charge is -2.00. The average molecular weight is 205 g/mol. The highest BCUT2D eigenvalue weighted by Crippen LogP contribution is 2.13. The first-order chi connectivity index (χ1) is 7.15. The summed E-state index contributed by atoms with van der Waals surface area (Å²) >= 11 is 0. The number of hydrogen-bond acceptors (Lipinski definition) is 2. The predicted octanol–water partition coefficient (Wildman–Crippen LogP) is 0.607. The van der Waals surface area contributed by atoms with E-state index < -0.39 is 0 Å². The molecule has 0 unspecified atom stereocenters. The van der Waals surface area contributed by atoms with Crippen molar-refractivity contribution in [1.82, 2.24) is 9.13 Å². The van der Waals surface area contributed by atoms with Gasteiger partial charge in [-0.25, -0.2) is 4.79 Å². The van der Waals surface area contributed by atoms with Crippen LogP contribution in [-0.4, -0.2) is 15.7 Å². The van der Waals surface area contributed by atoms with Crippen LogP contribution < -0.4 is 11.4 Å². The molecule has 0 aliphatic carbocycles. The number of aromatic nitrogens is 2. The molecule has 15 heavy (non-hydrogen) atoms. The number of nitrogens with two attached hydrogens (primary N) is 1. The third kappa shape index (κ3) is 1.47. The number of rotatable bonds is 2. The van der Waals surface area contributed by atoms with Crippen LogP contribution in [0.5, 0.6) is 0 Å². The van der Waals surface area contributed by atoms with Gasteiger partial charge < -0.3 is 5.73 Å². The third-order valence-electron chi connectivity index (χ3n) is 2.65. The van der Waals surface area contributed by atoms with E-state index in [9.17, 15) is 4.79 Å². The second kappa shape index (κ2) is 3.55. The Morgan fingerprint density at radius 1 is 1.33 bits per heavy atom. The molecule has 0 aliphatic heterocycles. The van der Waals surface area contributed by atoms with Crippen LogP contribution in [0.3, 0.4) is 0 Å². The quantitative estimate of drug-likeness (QED) is 0.781. The molecule has 1 heterocycles. The van der Waals surface area contributed by atoms with Crippen LogP contribution in [0.2, 0.25) is 0 Å². The van der Waals surface area contributed by atoms with E-state index in [1.54, 1.807) is 16.2 Å². The molecular formula is C11H15N3O. The van der Waals surface area contributed by atoms with E-state index in [1.807, 2.05) is 25.1 Å². The SMILES string of the molecule is Cc1ccc2c(c1)n(CCN)c(=O)n2C. The minimum Gasteiger partial charge on any atom is -0.329 e. The van der Waals surface area contributed by atoms with Crippen molar-refractivity contribution in [2.24, 2.45) is 12.8 Å². The molecule has 0 radical (unpaired) electrons. The van der Waals surface area contributed by atoms with E-state index in [2.05, 4.69) is 0 Å². The second-order valence-corrected chi connectivity index (χ2v) is 3.77. The van der Waals surface area contributed by atoms with E-state index in [1.165, 1.54) is 0 Å². The molecule has 1 aromatic carbocycles. The minimum atomic E-state index is 0.000972. The molecule has 2 N–H and O–H groups in total. The summed E-state index contributed by atoms with van der Waals surface area (Å²) in [5.41, 5.74) is 8.57. The first-order valence-corrected chi connectivity index (χ1v) is 5.01. The number of fused-ring (bicyclic) bond motifs is 1. The zero-order chi connectivity index (χ0) is 11.0. The van der Waals surface area contributed by atoms with Gasteiger partial charge in [0.1, 0.15) is 0 Å². The summed E-state index contributed by atoms with van der Waals surface area (Å²) in [5.74, 6) is 0. The first-order valence-electron chi connectivity index (χ1n) is 5.01. The molecule has 1 aromatic heterocycles. The number of nitrogens with zero attached hydrogens (tertiary/aromatic N) is 2. The van der Waals surface area contributed by atoms with Crippen molar-refractivity contribution in [3.8, 4) is 0 Å². The molecule has 0 bridgehead atoms. The maximum absolute atomic E-state index is 11.9. The van der Waals surface area contributed by atoms with Crippen molar-refractivity contribution < 1.29 is 0 Å². The van der Waals surface area contributed by atoms with Gasteiger partial charge in [-0.05, 0) is 24.6 Å². The molecule has 2 aromatic rings. The smallest absolute Gasteiger partial charge is 0.328 e. The summed E-state index contributed by atoms with van der Waals surface area (Å²) in [4.78, 5) is 11.9. The minimum absolute atomic E-state index is 0.000972. The van der Waals surface area contributed by atoms with Crippen molar-refractivity contribution in [3.63, 3.8) is 0 Å². The van der Waals surface area contributed by atoms with Gasteiger partial charge in [-0.1, -0.05) is 6.07 Å². The molecule has 4 nitrogen and oxygen atoms in total. The lowest BCUT2D eigenvalue weighted by Crippen LogP contribution is -2.25. The zero-order valence-electron chi connectivity index (χ0n) is 9.03. The largest absolute Gasteiger partial charge is 0.329 e. The van der Waals surface area contributed by atoms with Crippen LogP contribution in [0.25, 0.3) is 11.0 Å². The van der Waals surface area contributed by atoms with E-state index >= 15 is 0 Å². The Morgan fingerprint density at radius 3 is 2.73 bits per heavy atom. The first kappa shape index (κ1) is 9.98. The number of benzene rings is 1. The Hall–Kier alpha value is -1.55. The third-order valence-corrected chi connectivity index (χ3v) is 2.65. The van der Waals surface area contributed by atoms with Gasteiger partial charge in [-0.3, -0.25) is 9.13 Å². The molecule has 80 valence electrons. The van der Waals surface area contributed by atoms with Crippen LogP contribution in [0, 0.1) is 6.92 Å². The Morgan fingerprint density at radius 2 is 2.07 bits per heavy atom. The standard InChI is InChI=1S/C11H15N3O/c1-8-3-4-9-10(7-8)14(6-5-12)11(15)13(9)2/h3-4,7H,5-6,12H2,1-2H3. The molecule has 2 rings (SSSR count). The van der Waals surface area contributed by atoms with Crippen molar-refractivity contribution in [2.45, 2.75) is 13.5 Å². The number of aryl methyl sites for hydroxylation is 2. The summed E-state index contributed by atoms with van der Waals surface area (Å²) in [6, 6.07) is 6.00. The molecule has 0 saturated heterocycles. The van der Waals surface area contributed by atoms with E-state index in [-0.39, 0.29) is 5.69 Å². The molecule has 0 aliphatic rings. The van der Waals surface area contributed by atoms with Crippen LogP contribution >= 0.6 is 0 Å².